The first-order valence-electron chi connectivity index (χ1n) is 9.92. The van der Waals surface area contributed by atoms with E-state index >= 15 is 0 Å². The number of Topliss-reactive ketones (excluding diaryl/α,β-unsaturated/α-hetero) is 1. The van der Waals surface area contributed by atoms with Crippen LogP contribution in [0.3, 0.4) is 0 Å². The zero-order valence-electron chi connectivity index (χ0n) is 18.2. The average Bonchev–Trinajstić information content (AvgIpc) is 2.79. The molecule has 0 bridgehead atoms. The molecular weight excluding hydrogens is 430 g/mol. The Hall–Kier alpha value is -4.14. The Balaban J connectivity index is 1.68. The summed E-state index contributed by atoms with van der Waals surface area (Å²) in [6, 6.07) is 12.1. The first kappa shape index (κ1) is 25.1. The number of carbonyl (C=O) groups excluding carboxylic acids is 3. The van der Waals surface area contributed by atoms with Gasteiger partial charge in [-0.2, -0.15) is 0 Å². The monoisotopic (exact) mass is 453 g/mol. The Morgan fingerprint density at radius 2 is 1.27 bits per heavy atom. The van der Waals surface area contributed by atoms with Gasteiger partial charge in [0.1, 0.15) is 19.0 Å². The van der Waals surface area contributed by atoms with E-state index in [1.807, 2.05) is 0 Å². The summed E-state index contributed by atoms with van der Waals surface area (Å²) in [5.74, 6) is -1.48. The maximum Gasteiger partial charge on any atom is 0.338 e. The number of ketones is 1. The molecular formula is C23H23N3O7. The van der Waals surface area contributed by atoms with Crippen LogP contribution in [0, 0.1) is 0 Å². The number of aliphatic hydroxyl groups is 1. The van der Waals surface area contributed by atoms with Crippen LogP contribution in [0.4, 0.5) is 5.69 Å². The molecule has 10 nitrogen and oxygen atoms in total. The van der Waals surface area contributed by atoms with Crippen LogP contribution in [0.15, 0.2) is 59.4 Å². The maximum atomic E-state index is 12.1. The number of aliphatic hydroxyl groups excluding tert-OH is 1. The number of esters is 2. The van der Waals surface area contributed by atoms with E-state index in [-0.39, 0.29) is 49.1 Å². The molecule has 0 atom stereocenters. The second-order valence-corrected chi connectivity index (χ2v) is 6.71. The number of ether oxygens (including phenoxy) is 3. The van der Waals surface area contributed by atoms with Crippen LogP contribution >= 0.6 is 0 Å². The predicted molar refractivity (Wildman–Crippen MR) is 119 cm³/mol. The Labute approximate surface area is 190 Å². The topological polar surface area (TPSA) is 148 Å². The quantitative estimate of drug-likeness (QED) is 0.0999. The number of nitrogens with zero attached hydrogens (tertiary/aromatic N) is 3. The van der Waals surface area contributed by atoms with Gasteiger partial charge in [0.15, 0.2) is 5.78 Å². The molecule has 33 heavy (non-hydrogen) atoms. The zero-order chi connectivity index (χ0) is 24.2. The summed E-state index contributed by atoms with van der Waals surface area (Å²) < 4.78 is 15.5. The summed E-state index contributed by atoms with van der Waals surface area (Å²) in [5.41, 5.74) is 10.0. The minimum atomic E-state index is -0.560. The Bertz CT molecular complexity index is 1070. The van der Waals surface area contributed by atoms with Gasteiger partial charge in [0.25, 0.3) is 0 Å². The van der Waals surface area contributed by atoms with Gasteiger partial charge in [0, 0.05) is 10.6 Å². The van der Waals surface area contributed by atoms with Crippen molar-refractivity contribution in [2.75, 3.05) is 26.4 Å². The van der Waals surface area contributed by atoms with Crippen LogP contribution in [0.1, 0.15) is 40.1 Å². The highest BCUT2D eigenvalue weighted by atomic mass is 16.6. The summed E-state index contributed by atoms with van der Waals surface area (Å²) in [4.78, 5) is 38.3. The first-order valence-corrected chi connectivity index (χ1v) is 9.92. The normalized spacial score (nSPS) is 11.1. The maximum absolute atomic E-state index is 12.1. The van der Waals surface area contributed by atoms with Crippen molar-refractivity contribution < 1.29 is 33.7 Å². The largest absolute Gasteiger partial charge is 0.512 e. The lowest BCUT2D eigenvalue weighted by atomic mass is 10.00. The van der Waals surface area contributed by atoms with Crippen LogP contribution in [0.25, 0.3) is 16.0 Å². The molecule has 1 N–H and O–H groups in total. The van der Waals surface area contributed by atoms with Crippen LogP contribution in [-0.4, -0.2) is 49.3 Å². The van der Waals surface area contributed by atoms with Crippen LogP contribution in [-0.2, 0) is 19.0 Å². The number of rotatable bonds is 11. The molecule has 0 aromatic heterocycles. The van der Waals surface area contributed by atoms with Gasteiger partial charge in [0.05, 0.1) is 29.9 Å². The molecule has 2 rings (SSSR count). The molecule has 0 unspecified atom stereocenters. The molecule has 2 aromatic rings. The molecule has 0 amide bonds. The SMILES string of the molecule is CC(=O)C(=C(C)O)c1ccc(C(=O)OCCOCCOC(=O)c2ccc(N=[N+]=[N-])cc2)cc1. The fraction of sp³-hybridized carbons (Fsp3) is 0.261. The van der Waals surface area contributed by atoms with E-state index in [1.165, 1.54) is 50.2 Å². The predicted octanol–water partition coefficient (Wildman–Crippen LogP) is 4.54. The number of allylic oxidation sites excluding steroid dienone is 2. The number of benzene rings is 2. The van der Waals surface area contributed by atoms with E-state index in [9.17, 15) is 19.5 Å². The molecule has 0 saturated heterocycles. The Kier molecular flexibility index (Phi) is 9.63. The third-order valence-electron chi connectivity index (χ3n) is 4.31. The van der Waals surface area contributed by atoms with Crippen molar-refractivity contribution in [2.24, 2.45) is 5.11 Å². The van der Waals surface area contributed by atoms with Crippen molar-refractivity contribution in [1.82, 2.24) is 0 Å². The average molecular weight is 453 g/mol. The van der Waals surface area contributed by atoms with E-state index in [0.717, 1.165) is 0 Å². The lowest BCUT2D eigenvalue weighted by Gasteiger charge is -2.09. The van der Waals surface area contributed by atoms with E-state index < -0.39 is 11.9 Å². The van der Waals surface area contributed by atoms with Crippen LogP contribution in [0.5, 0.6) is 0 Å². The van der Waals surface area contributed by atoms with Gasteiger partial charge in [-0.1, -0.05) is 29.4 Å². The number of hydrogen-bond donors (Lipinski definition) is 1. The fourth-order valence-electron chi connectivity index (χ4n) is 2.81. The molecule has 0 saturated carbocycles. The Morgan fingerprint density at radius 1 is 0.818 bits per heavy atom. The highest BCUT2D eigenvalue weighted by molar-refractivity contribution is 6.20. The van der Waals surface area contributed by atoms with Gasteiger partial charge in [-0.25, -0.2) is 9.59 Å². The van der Waals surface area contributed by atoms with Crippen molar-refractivity contribution in [1.29, 1.82) is 0 Å². The second-order valence-electron chi connectivity index (χ2n) is 6.71. The highest BCUT2D eigenvalue weighted by Gasteiger charge is 2.13. The van der Waals surface area contributed by atoms with Gasteiger partial charge >= 0.3 is 11.9 Å². The molecule has 0 spiro atoms. The van der Waals surface area contributed by atoms with Gasteiger partial charge < -0.3 is 19.3 Å². The molecule has 172 valence electrons. The van der Waals surface area contributed by atoms with Crippen molar-refractivity contribution in [3.8, 4) is 0 Å². The number of azide groups is 1. The first-order chi connectivity index (χ1) is 15.8. The molecule has 2 aromatic carbocycles. The van der Waals surface area contributed by atoms with E-state index in [2.05, 4.69) is 10.0 Å². The fourth-order valence-corrected chi connectivity index (χ4v) is 2.81. The summed E-state index contributed by atoms with van der Waals surface area (Å²) in [6.07, 6.45) is 0. The molecule has 0 aliphatic heterocycles. The van der Waals surface area contributed by atoms with Crippen molar-refractivity contribution >= 4 is 29.0 Å². The van der Waals surface area contributed by atoms with E-state index in [1.54, 1.807) is 12.1 Å². The summed E-state index contributed by atoms with van der Waals surface area (Å²) in [6.45, 7) is 3.03. The molecule has 0 aliphatic carbocycles. The lowest BCUT2D eigenvalue weighted by Crippen LogP contribution is -2.14. The van der Waals surface area contributed by atoms with Crippen molar-refractivity contribution in [3.63, 3.8) is 0 Å². The van der Waals surface area contributed by atoms with Gasteiger partial charge in [-0.05, 0) is 49.2 Å². The summed E-state index contributed by atoms with van der Waals surface area (Å²) >= 11 is 0. The minimum absolute atomic E-state index is 0.00372. The lowest BCUT2D eigenvalue weighted by molar-refractivity contribution is -0.111. The highest BCUT2D eigenvalue weighted by Crippen LogP contribution is 2.19. The Morgan fingerprint density at radius 3 is 1.70 bits per heavy atom. The molecule has 0 aliphatic rings. The van der Waals surface area contributed by atoms with Gasteiger partial charge in [-0.3, -0.25) is 4.79 Å². The minimum Gasteiger partial charge on any atom is -0.512 e. The van der Waals surface area contributed by atoms with Gasteiger partial charge in [0.2, 0.25) is 0 Å². The van der Waals surface area contributed by atoms with Crippen LogP contribution < -0.4 is 0 Å². The summed E-state index contributed by atoms with van der Waals surface area (Å²) in [7, 11) is 0. The summed E-state index contributed by atoms with van der Waals surface area (Å²) in [5, 5.41) is 13.1. The second kappa shape index (κ2) is 12.7. The van der Waals surface area contributed by atoms with Crippen molar-refractivity contribution in [2.45, 2.75) is 13.8 Å². The van der Waals surface area contributed by atoms with Crippen LogP contribution in [0.2, 0.25) is 0 Å². The smallest absolute Gasteiger partial charge is 0.338 e. The molecule has 0 radical (unpaired) electrons. The zero-order valence-corrected chi connectivity index (χ0v) is 18.2. The number of hydrogen-bond acceptors (Lipinski definition) is 8. The molecule has 0 fully saturated rings. The molecule has 0 heterocycles. The third kappa shape index (κ3) is 7.80. The van der Waals surface area contributed by atoms with Gasteiger partial charge in [-0.15, -0.1) is 0 Å². The van der Waals surface area contributed by atoms with E-state index in [0.29, 0.717) is 16.8 Å². The third-order valence-corrected chi connectivity index (χ3v) is 4.31. The standard InChI is InChI=1S/C23H23N3O7/c1-15(27)21(16(2)28)17-3-5-18(6-4-17)22(29)32-13-11-31-12-14-33-23(30)19-7-9-20(10-8-19)25-26-24/h3-10,27H,11-14H2,1-2H3. The van der Waals surface area contributed by atoms with Crippen molar-refractivity contribution in [3.05, 3.63) is 81.4 Å². The molecule has 10 heteroatoms. The van der Waals surface area contributed by atoms with E-state index in [4.69, 9.17) is 19.7 Å². The number of carbonyl (C=O) groups is 3.